The van der Waals surface area contributed by atoms with Crippen molar-refractivity contribution in [1.82, 2.24) is 9.80 Å². The van der Waals surface area contributed by atoms with Crippen LogP contribution in [0.3, 0.4) is 0 Å². The van der Waals surface area contributed by atoms with Gasteiger partial charge in [0.25, 0.3) is 0 Å². The zero-order valence-corrected chi connectivity index (χ0v) is 13.4. The highest BCUT2D eigenvalue weighted by Gasteiger charge is 2.19. The lowest BCUT2D eigenvalue weighted by Crippen LogP contribution is -2.42. The molecule has 0 saturated carbocycles. The van der Waals surface area contributed by atoms with Gasteiger partial charge in [0.05, 0.1) is 6.61 Å². The van der Waals surface area contributed by atoms with E-state index in [1.807, 2.05) is 24.3 Å². The number of piperidine rings is 1. The molecule has 1 aliphatic rings. The van der Waals surface area contributed by atoms with Crippen LogP contribution in [-0.2, 0) is 6.54 Å². The molecule has 0 amide bonds. The van der Waals surface area contributed by atoms with Crippen LogP contribution in [-0.4, -0.2) is 56.2 Å². The zero-order chi connectivity index (χ0) is 15.1. The summed E-state index contributed by atoms with van der Waals surface area (Å²) < 4.78 is 5.81. The standard InChI is InChI=1S/C17H29N3O/c1-19-10-7-16(8-11-19)20(2)9-4-12-21-17-6-3-5-15(13-17)14-18/h3,5-6,13,16H,4,7-12,14,18H2,1-2H3. The minimum absolute atomic E-state index is 0.566. The molecule has 118 valence electrons. The first-order chi connectivity index (χ1) is 10.2. The van der Waals surface area contributed by atoms with Gasteiger partial charge in [0.2, 0.25) is 0 Å². The van der Waals surface area contributed by atoms with Crippen molar-refractivity contribution < 1.29 is 4.74 Å². The highest BCUT2D eigenvalue weighted by atomic mass is 16.5. The molecule has 0 aromatic heterocycles. The van der Waals surface area contributed by atoms with E-state index in [-0.39, 0.29) is 0 Å². The highest BCUT2D eigenvalue weighted by molar-refractivity contribution is 5.28. The normalized spacial score (nSPS) is 17.3. The summed E-state index contributed by atoms with van der Waals surface area (Å²) in [5.74, 6) is 0.930. The molecule has 4 heteroatoms. The molecule has 0 spiro atoms. The molecule has 0 atom stereocenters. The van der Waals surface area contributed by atoms with Gasteiger partial charge in [-0.05, 0) is 64.1 Å². The van der Waals surface area contributed by atoms with E-state index in [0.29, 0.717) is 6.54 Å². The number of rotatable bonds is 7. The number of ether oxygens (including phenoxy) is 1. The molecule has 21 heavy (non-hydrogen) atoms. The predicted octanol–water partition coefficient (Wildman–Crippen LogP) is 1.94. The van der Waals surface area contributed by atoms with Gasteiger partial charge in [-0.15, -0.1) is 0 Å². The second-order valence-corrected chi connectivity index (χ2v) is 6.07. The van der Waals surface area contributed by atoms with Crippen LogP contribution in [0.15, 0.2) is 24.3 Å². The van der Waals surface area contributed by atoms with E-state index in [4.69, 9.17) is 10.5 Å². The number of likely N-dealkylation sites (tertiary alicyclic amines) is 1. The molecular weight excluding hydrogens is 262 g/mol. The van der Waals surface area contributed by atoms with E-state index in [2.05, 4.69) is 23.9 Å². The van der Waals surface area contributed by atoms with Gasteiger partial charge in [-0.3, -0.25) is 0 Å². The first-order valence-corrected chi connectivity index (χ1v) is 7.99. The van der Waals surface area contributed by atoms with E-state index in [1.165, 1.54) is 25.9 Å². The van der Waals surface area contributed by atoms with Gasteiger partial charge in [0, 0.05) is 19.1 Å². The van der Waals surface area contributed by atoms with Crippen LogP contribution in [0.4, 0.5) is 0 Å². The molecule has 1 heterocycles. The monoisotopic (exact) mass is 291 g/mol. The Balaban J connectivity index is 1.64. The molecule has 0 unspecified atom stereocenters. The molecule has 4 nitrogen and oxygen atoms in total. The summed E-state index contributed by atoms with van der Waals surface area (Å²) >= 11 is 0. The van der Waals surface area contributed by atoms with Crippen molar-refractivity contribution in [2.45, 2.75) is 31.8 Å². The van der Waals surface area contributed by atoms with E-state index in [9.17, 15) is 0 Å². The van der Waals surface area contributed by atoms with Crippen molar-refractivity contribution in [3.05, 3.63) is 29.8 Å². The summed E-state index contributed by atoms with van der Waals surface area (Å²) in [5, 5.41) is 0. The fraction of sp³-hybridized carbons (Fsp3) is 0.647. The highest BCUT2D eigenvalue weighted by Crippen LogP contribution is 2.15. The van der Waals surface area contributed by atoms with Gasteiger partial charge < -0.3 is 20.3 Å². The lowest BCUT2D eigenvalue weighted by atomic mass is 10.0. The van der Waals surface area contributed by atoms with E-state index < -0.39 is 0 Å². The predicted molar refractivity (Wildman–Crippen MR) is 87.6 cm³/mol. The molecule has 1 aliphatic heterocycles. The molecule has 0 aliphatic carbocycles. The van der Waals surface area contributed by atoms with E-state index in [0.717, 1.165) is 36.9 Å². The molecule has 2 rings (SSSR count). The van der Waals surface area contributed by atoms with Gasteiger partial charge in [-0.2, -0.15) is 0 Å². The van der Waals surface area contributed by atoms with Gasteiger partial charge in [0.1, 0.15) is 5.75 Å². The Kier molecular flexibility index (Phi) is 6.49. The lowest BCUT2D eigenvalue weighted by Gasteiger charge is -2.35. The number of nitrogens with two attached hydrogens (primary N) is 1. The molecule has 2 N–H and O–H groups in total. The van der Waals surface area contributed by atoms with Gasteiger partial charge >= 0.3 is 0 Å². The minimum atomic E-state index is 0.566. The summed E-state index contributed by atoms with van der Waals surface area (Å²) in [6.45, 7) is 4.88. The van der Waals surface area contributed by atoms with Gasteiger partial charge in [-0.1, -0.05) is 12.1 Å². The third-order valence-corrected chi connectivity index (χ3v) is 4.37. The van der Waals surface area contributed by atoms with Gasteiger partial charge in [0.15, 0.2) is 0 Å². The molecule has 1 saturated heterocycles. The molecule has 1 fully saturated rings. The number of hydrogen-bond acceptors (Lipinski definition) is 4. The van der Waals surface area contributed by atoms with E-state index in [1.54, 1.807) is 0 Å². The number of benzene rings is 1. The first-order valence-electron chi connectivity index (χ1n) is 7.99. The Labute approximate surface area is 128 Å². The Morgan fingerprint density at radius 3 is 2.81 bits per heavy atom. The minimum Gasteiger partial charge on any atom is -0.494 e. The summed E-state index contributed by atoms with van der Waals surface area (Å²) in [5.41, 5.74) is 6.76. The largest absolute Gasteiger partial charge is 0.494 e. The average molecular weight is 291 g/mol. The first kappa shape index (κ1) is 16.3. The van der Waals surface area contributed by atoms with Crippen LogP contribution < -0.4 is 10.5 Å². The third kappa shape index (κ3) is 5.30. The van der Waals surface area contributed by atoms with Crippen LogP contribution in [0.1, 0.15) is 24.8 Å². The van der Waals surface area contributed by atoms with Crippen LogP contribution >= 0.6 is 0 Å². The Morgan fingerprint density at radius 1 is 1.33 bits per heavy atom. The van der Waals surface area contributed by atoms with Crippen LogP contribution in [0.2, 0.25) is 0 Å². The number of nitrogens with zero attached hydrogens (tertiary/aromatic N) is 2. The Morgan fingerprint density at radius 2 is 2.10 bits per heavy atom. The number of hydrogen-bond donors (Lipinski definition) is 1. The van der Waals surface area contributed by atoms with Crippen molar-refractivity contribution in [2.75, 3.05) is 40.3 Å². The van der Waals surface area contributed by atoms with Gasteiger partial charge in [-0.25, -0.2) is 0 Å². The van der Waals surface area contributed by atoms with Crippen molar-refractivity contribution >= 4 is 0 Å². The molecule has 0 radical (unpaired) electrons. The summed E-state index contributed by atoms with van der Waals surface area (Å²) in [7, 11) is 4.45. The SMILES string of the molecule is CN1CCC(N(C)CCCOc2cccc(CN)c2)CC1. The van der Waals surface area contributed by atoms with E-state index >= 15 is 0 Å². The maximum Gasteiger partial charge on any atom is 0.119 e. The van der Waals surface area contributed by atoms with Crippen molar-refractivity contribution in [1.29, 1.82) is 0 Å². The average Bonchev–Trinajstić information content (AvgIpc) is 2.52. The topological polar surface area (TPSA) is 41.7 Å². The smallest absolute Gasteiger partial charge is 0.119 e. The summed E-state index contributed by atoms with van der Waals surface area (Å²) in [4.78, 5) is 4.91. The lowest BCUT2D eigenvalue weighted by molar-refractivity contribution is 0.137. The Bertz CT molecular complexity index is 416. The van der Waals surface area contributed by atoms with Crippen molar-refractivity contribution in [3.63, 3.8) is 0 Å². The van der Waals surface area contributed by atoms with Crippen molar-refractivity contribution in [2.24, 2.45) is 5.73 Å². The summed E-state index contributed by atoms with van der Waals surface area (Å²) in [6.07, 6.45) is 3.63. The maximum atomic E-state index is 5.81. The van der Waals surface area contributed by atoms with Crippen molar-refractivity contribution in [3.8, 4) is 5.75 Å². The van der Waals surface area contributed by atoms with Crippen LogP contribution in [0.25, 0.3) is 0 Å². The van der Waals surface area contributed by atoms with Crippen LogP contribution in [0.5, 0.6) is 5.75 Å². The maximum absolute atomic E-state index is 5.81. The molecule has 1 aromatic rings. The Hall–Kier alpha value is -1.10. The molecule has 1 aromatic carbocycles. The fourth-order valence-corrected chi connectivity index (χ4v) is 2.88. The fourth-order valence-electron chi connectivity index (χ4n) is 2.88. The zero-order valence-electron chi connectivity index (χ0n) is 13.4. The quantitative estimate of drug-likeness (QED) is 0.780. The second-order valence-electron chi connectivity index (χ2n) is 6.07. The third-order valence-electron chi connectivity index (χ3n) is 4.37. The molecule has 0 bridgehead atoms. The molecular formula is C17H29N3O. The van der Waals surface area contributed by atoms with Crippen LogP contribution in [0, 0.1) is 0 Å². The summed E-state index contributed by atoms with van der Waals surface area (Å²) in [6, 6.07) is 8.80. The second kappa shape index (κ2) is 8.37.